The van der Waals surface area contributed by atoms with Crippen LogP contribution in [0.4, 0.5) is 11.4 Å². The first-order chi connectivity index (χ1) is 14.4. The van der Waals surface area contributed by atoms with Gasteiger partial charge in [-0.3, -0.25) is 15.0 Å². The number of carbonyl (C=O) groups is 2. The Hall–Kier alpha value is -3.32. The number of benzene rings is 3. The fraction of sp³-hybridized carbons (Fsp3) is 0.130. The first-order valence-electron chi connectivity index (χ1n) is 9.47. The Morgan fingerprint density at radius 1 is 1.03 bits per heavy atom. The molecule has 7 heteroatoms. The zero-order chi connectivity index (χ0) is 21.3. The van der Waals surface area contributed by atoms with Gasteiger partial charge < -0.3 is 10.2 Å². The molecule has 0 radical (unpaired) electrons. The van der Waals surface area contributed by atoms with E-state index in [9.17, 15) is 9.59 Å². The Bertz CT molecular complexity index is 1080. The third kappa shape index (κ3) is 3.89. The number of halogens is 1. The second kappa shape index (κ2) is 8.20. The maximum atomic E-state index is 13.3. The molecule has 152 valence electrons. The highest BCUT2D eigenvalue weighted by atomic mass is 79.9. The second-order valence-electron chi connectivity index (χ2n) is 7.20. The van der Waals surface area contributed by atoms with Gasteiger partial charge in [0.15, 0.2) is 0 Å². The molecule has 1 aliphatic rings. The molecule has 1 aliphatic heterocycles. The average Bonchev–Trinajstić information content (AvgIpc) is 2.76. The number of fused-ring (bicyclic) bond motifs is 1. The Balaban J connectivity index is 1.72. The second-order valence-corrected chi connectivity index (χ2v) is 8.12. The molecule has 2 amide bonds. The topological polar surface area (TPSA) is 64.7 Å². The largest absolute Gasteiger partial charge is 0.378 e. The minimum atomic E-state index is -0.546. The minimum absolute atomic E-state index is 0.281. The van der Waals surface area contributed by atoms with Crippen molar-refractivity contribution >= 4 is 39.1 Å². The molecule has 4 rings (SSSR count). The lowest BCUT2D eigenvalue weighted by Crippen LogP contribution is -2.52. The van der Waals surface area contributed by atoms with E-state index >= 15 is 0 Å². The molecule has 0 aromatic heterocycles. The molecular formula is C23H21BrN4O2. The van der Waals surface area contributed by atoms with E-state index in [0.717, 1.165) is 21.4 Å². The summed E-state index contributed by atoms with van der Waals surface area (Å²) in [6.07, 6.45) is -0.546. The lowest BCUT2D eigenvalue weighted by molar-refractivity contribution is 0.0491. The lowest BCUT2D eigenvalue weighted by atomic mass is 10.0. The van der Waals surface area contributed by atoms with Gasteiger partial charge in [0.1, 0.15) is 6.17 Å². The minimum Gasteiger partial charge on any atom is -0.378 e. The molecule has 1 heterocycles. The van der Waals surface area contributed by atoms with E-state index in [-0.39, 0.29) is 11.8 Å². The highest BCUT2D eigenvalue weighted by Crippen LogP contribution is 2.34. The number of hydrogen-bond acceptors (Lipinski definition) is 4. The summed E-state index contributed by atoms with van der Waals surface area (Å²) in [5.74, 6) is -0.630. The van der Waals surface area contributed by atoms with E-state index in [1.54, 1.807) is 30.3 Å². The molecule has 0 saturated heterocycles. The Morgan fingerprint density at radius 3 is 2.40 bits per heavy atom. The van der Waals surface area contributed by atoms with Gasteiger partial charge in [-0.15, -0.1) is 0 Å². The molecule has 0 bridgehead atoms. The Morgan fingerprint density at radius 2 is 1.73 bits per heavy atom. The summed E-state index contributed by atoms with van der Waals surface area (Å²) in [5, 5.41) is 4.74. The van der Waals surface area contributed by atoms with Crippen molar-refractivity contribution in [2.75, 3.05) is 24.3 Å². The van der Waals surface area contributed by atoms with Crippen LogP contribution in [-0.2, 0) is 0 Å². The quantitative estimate of drug-likeness (QED) is 0.599. The normalized spacial score (nSPS) is 15.2. The fourth-order valence-corrected chi connectivity index (χ4v) is 3.71. The monoisotopic (exact) mass is 464 g/mol. The van der Waals surface area contributed by atoms with Gasteiger partial charge >= 0.3 is 0 Å². The van der Waals surface area contributed by atoms with Crippen LogP contribution >= 0.6 is 15.9 Å². The predicted molar refractivity (Wildman–Crippen MR) is 121 cm³/mol. The summed E-state index contributed by atoms with van der Waals surface area (Å²) in [4.78, 5) is 28.2. The third-order valence-electron chi connectivity index (χ3n) is 4.96. The Labute approximate surface area is 183 Å². The van der Waals surface area contributed by atoms with Crippen molar-refractivity contribution in [1.82, 2.24) is 10.4 Å². The smallest absolute Gasteiger partial charge is 0.276 e. The van der Waals surface area contributed by atoms with E-state index in [2.05, 4.69) is 26.7 Å². The molecular weight excluding hydrogens is 444 g/mol. The van der Waals surface area contributed by atoms with Crippen LogP contribution < -0.4 is 15.6 Å². The van der Waals surface area contributed by atoms with E-state index in [1.807, 2.05) is 61.5 Å². The number of rotatable bonds is 4. The molecule has 0 spiro atoms. The van der Waals surface area contributed by atoms with Gasteiger partial charge in [0.25, 0.3) is 11.8 Å². The van der Waals surface area contributed by atoms with Gasteiger partial charge in [0.2, 0.25) is 0 Å². The van der Waals surface area contributed by atoms with Crippen LogP contribution in [-0.4, -0.2) is 30.9 Å². The van der Waals surface area contributed by atoms with Crippen LogP contribution in [0.3, 0.4) is 0 Å². The Kier molecular flexibility index (Phi) is 5.46. The van der Waals surface area contributed by atoms with Crippen LogP contribution in [0.5, 0.6) is 0 Å². The molecule has 1 atom stereocenters. The number of carbonyl (C=O) groups excluding carboxylic acids is 2. The summed E-state index contributed by atoms with van der Waals surface area (Å²) >= 11 is 3.42. The van der Waals surface area contributed by atoms with Gasteiger partial charge in [0, 0.05) is 35.5 Å². The molecule has 0 fully saturated rings. The molecule has 3 aromatic carbocycles. The molecule has 6 nitrogen and oxygen atoms in total. The maximum absolute atomic E-state index is 13.3. The maximum Gasteiger partial charge on any atom is 0.276 e. The summed E-state index contributed by atoms with van der Waals surface area (Å²) in [6.45, 7) is 0. The molecule has 1 unspecified atom stereocenters. The summed E-state index contributed by atoms with van der Waals surface area (Å²) in [5.41, 5.74) is 6.37. The first kappa shape index (κ1) is 20.0. The van der Waals surface area contributed by atoms with Crippen LogP contribution in [0, 0.1) is 0 Å². The average molecular weight is 465 g/mol. The summed E-state index contributed by atoms with van der Waals surface area (Å²) < 4.78 is 0.791. The predicted octanol–water partition coefficient (Wildman–Crippen LogP) is 4.43. The van der Waals surface area contributed by atoms with Gasteiger partial charge in [0.05, 0.1) is 5.56 Å². The number of nitrogens with one attached hydrogen (secondary N) is 2. The van der Waals surface area contributed by atoms with E-state index < -0.39 is 6.17 Å². The van der Waals surface area contributed by atoms with Crippen LogP contribution in [0.2, 0.25) is 0 Å². The summed E-state index contributed by atoms with van der Waals surface area (Å²) in [7, 11) is 3.94. The van der Waals surface area contributed by atoms with Gasteiger partial charge in [-0.1, -0.05) is 46.3 Å². The number of nitrogens with zero attached hydrogens (tertiary/aromatic N) is 2. The lowest BCUT2D eigenvalue weighted by Gasteiger charge is -2.38. The summed E-state index contributed by atoms with van der Waals surface area (Å²) in [6, 6.07) is 22.2. The first-order valence-corrected chi connectivity index (χ1v) is 10.3. The van der Waals surface area contributed by atoms with Crippen LogP contribution in [0.1, 0.15) is 32.4 Å². The van der Waals surface area contributed by atoms with Gasteiger partial charge in [-0.25, -0.2) is 5.01 Å². The fourth-order valence-electron chi connectivity index (χ4n) is 3.34. The van der Waals surface area contributed by atoms with Crippen molar-refractivity contribution in [3.05, 3.63) is 94.0 Å². The van der Waals surface area contributed by atoms with Crippen LogP contribution in [0.15, 0.2) is 77.3 Å². The van der Waals surface area contributed by atoms with Crippen molar-refractivity contribution in [3.8, 4) is 0 Å². The third-order valence-corrected chi connectivity index (χ3v) is 5.46. The standard InChI is InChI=1S/C23H21BrN4O2/c1-27(2)18-11-8-15(9-12-18)21-25-20-13-10-17(24)14-19(20)23(30)28(21)26-22(29)16-6-4-3-5-7-16/h3-14,21,25H,1-2H3,(H,26,29). The number of amides is 2. The van der Waals surface area contributed by atoms with Crippen LogP contribution in [0.25, 0.3) is 0 Å². The molecule has 2 N–H and O–H groups in total. The van der Waals surface area contributed by atoms with Crippen molar-refractivity contribution in [3.63, 3.8) is 0 Å². The molecule has 30 heavy (non-hydrogen) atoms. The van der Waals surface area contributed by atoms with E-state index in [4.69, 9.17) is 0 Å². The highest BCUT2D eigenvalue weighted by molar-refractivity contribution is 9.10. The number of anilines is 2. The molecule has 0 aliphatic carbocycles. The van der Waals surface area contributed by atoms with Gasteiger partial charge in [-0.2, -0.15) is 0 Å². The highest BCUT2D eigenvalue weighted by Gasteiger charge is 2.34. The van der Waals surface area contributed by atoms with Crippen molar-refractivity contribution in [1.29, 1.82) is 0 Å². The van der Waals surface area contributed by atoms with Gasteiger partial charge in [-0.05, 0) is 48.0 Å². The zero-order valence-electron chi connectivity index (χ0n) is 16.6. The van der Waals surface area contributed by atoms with Crippen molar-refractivity contribution < 1.29 is 9.59 Å². The molecule has 3 aromatic rings. The number of hydrogen-bond donors (Lipinski definition) is 2. The SMILES string of the molecule is CN(C)c1ccc(C2Nc3ccc(Br)cc3C(=O)N2NC(=O)c2ccccc2)cc1. The van der Waals surface area contributed by atoms with Crippen molar-refractivity contribution in [2.24, 2.45) is 0 Å². The van der Waals surface area contributed by atoms with Crippen molar-refractivity contribution in [2.45, 2.75) is 6.17 Å². The van der Waals surface area contributed by atoms with E-state index in [0.29, 0.717) is 11.1 Å². The molecule has 0 saturated carbocycles. The van der Waals surface area contributed by atoms with E-state index in [1.165, 1.54) is 5.01 Å². The number of hydrazine groups is 1. The zero-order valence-corrected chi connectivity index (χ0v) is 18.2.